The Balaban J connectivity index is 1.41. The van der Waals surface area contributed by atoms with Gasteiger partial charge in [-0.3, -0.25) is 14.5 Å². The summed E-state index contributed by atoms with van der Waals surface area (Å²) in [5.41, 5.74) is 1.48. The summed E-state index contributed by atoms with van der Waals surface area (Å²) in [5.74, 6) is -3.83. The van der Waals surface area contributed by atoms with Crippen LogP contribution in [0.1, 0.15) is 36.2 Å². The summed E-state index contributed by atoms with van der Waals surface area (Å²) in [5, 5.41) is 32.3. The molecule has 3 aliphatic heterocycles. The lowest BCUT2D eigenvalue weighted by Gasteiger charge is -2.46. The first-order valence-electron chi connectivity index (χ1n) is 13.7. The third-order valence-electron chi connectivity index (χ3n) is 8.22. The minimum atomic E-state index is -1.18. The van der Waals surface area contributed by atoms with Crippen LogP contribution in [-0.2, 0) is 20.9 Å². The highest BCUT2D eigenvalue weighted by Crippen LogP contribution is 2.52. The lowest BCUT2D eigenvalue weighted by Crippen LogP contribution is -2.63. The number of carbonyl (C=O) groups excluding carboxylic acids is 2. The average Bonchev–Trinajstić information content (AvgIpc) is 3.45. The van der Waals surface area contributed by atoms with Crippen LogP contribution in [0.3, 0.4) is 0 Å². The maximum atomic E-state index is 13.6. The Labute approximate surface area is 252 Å². The number of hydrogen-bond donors (Lipinski definition) is 4. The van der Waals surface area contributed by atoms with E-state index < -0.39 is 36.0 Å². The van der Waals surface area contributed by atoms with Crippen LogP contribution < -0.4 is 5.32 Å². The first-order chi connectivity index (χ1) is 20.0. The van der Waals surface area contributed by atoms with Gasteiger partial charge in [0.15, 0.2) is 0 Å². The molecule has 2 aromatic carbocycles. The zero-order chi connectivity index (χ0) is 30.3. The van der Waals surface area contributed by atoms with Crippen LogP contribution in [0.5, 0.6) is 0 Å². The zero-order valence-corrected chi connectivity index (χ0v) is 25.0. The van der Waals surface area contributed by atoms with Crippen LogP contribution in [0.4, 0.5) is 5.69 Å². The molecule has 222 valence electrons. The summed E-state index contributed by atoms with van der Waals surface area (Å²) in [6.07, 6.45) is 1.54. The van der Waals surface area contributed by atoms with E-state index >= 15 is 0 Å². The van der Waals surface area contributed by atoms with Crippen molar-refractivity contribution in [1.29, 1.82) is 0 Å². The molecule has 3 aliphatic rings. The van der Waals surface area contributed by atoms with Crippen molar-refractivity contribution >= 4 is 53.0 Å². The van der Waals surface area contributed by atoms with Gasteiger partial charge in [0.2, 0.25) is 11.8 Å². The number of carboxylic acid groups (broad SMARTS) is 2. The van der Waals surface area contributed by atoms with Gasteiger partial charge >= 0.3 is 11.9 Å². The Morgan fingerprint density at radius 3 is 2.50 bits per heavy atom. The summed E-state index contributed by atoms with van der Waals surface area (Å²) < 4.78 is 0. The maximum Gasteiger partial charge on any atom is 0.353 e. The number of aromatic carboxylic acids is 1. The number of carboxylic acids is 2. The molecule has 2 aromatic rings. The van der Waals surface area contributed by atoms with Gasteiger partial charge in [-0.05, 0) is 49.4 Å². The molecular formula is C30H33N3O7S2. The molecule has 0 aromatic heterocycles. The van der Waals surface area contributed by atoms with E-state index in [0.29, 0.717) is 30.1 Å². The number of benzene rings is 2. The van der Waals surface area contributed by atoms with Crippen LogP contribution in [-0.4, -0.2) is 85.1 Å². The molecule has 0 radical (unpaired) electrons. The van der Waals surface area contributed by atoms with Crippen molar-refractivity contribution in [3.8, 4) is 0 Å². The van der Waals surface area contributed by atoms with E-state index in [1.165, 1.54) is 28.8 Å². The number of likely N-dealkylation sites (tertiary alicyclic amines) is 1. The number of rotatable bonds is 10. The van der Waals surface area contributed by atoms with Gasteiger partial charge in [-0.15, -0.1) is 23.5 Å². The number of aliphatic carboxylic acids is 1. The fourth-order valence-electron chi connectivity index (χ4n) is 6.26. The van der Waals surface area contributed by atoms with Crippen molar-refractivity contribution in [3.63, 3.8) is 0 Å². The standard InChI is InChI=1S/C30H33N3O7S2/c1-15-24-23(16(2)34)28(36)33(24)25(30(39)40)26(15)42-20-12-21(27(35)31-19-9-6-8-17(11-19)29(37)38)32(14-20)13-18-7-4-5-10-22(18)41-3/h4-11,15-16,20-21,23-24,34H,12-14H2,1-3H3,(H,31,35)(H,37,38)(H,39,40)/t15-,16-,20+,21+,23-,24-/m1/s1. The third-order valence-corrected chi connectivity index (χ3v) is 10.5. The number of amides is 2. The van der Waals surface area contributed by atoms with Crippen LogP contribution in [0.2, 0.25) is 0 Å². The first kappa shape index (κ1) is 30.1. The number of anilines is 1. The van der Waals surface area contributed by atoms with Gasteiger partial charge in [-0.2, -0.15) is 0 Å². The zero-order valence-electron chi connectivity index (χ0n) is 23.4. The van der Waals surface area contributed by atoms with Crippen LogP contribution in [0.15, 0.2) is 64.0 Å². The van der Waals surface area contributed by atoms with Crippen LogP contribution in [0.25, 0.3) is 0 Å². The number of nitrogens with one attached hydrogen (secondary N) is 1. The van der Waals surface area contributed by atoms with Gasteiger partial charge in [0.05, 0.1) is 29.7 Å². The van der Waals surface area contributed by atoms with E-state index in [4.69, 9.17) is 0 Å². The maximum absolute atomic E-state index is 13.6. The molecule has 10 nitrogen and oxygen atoms in total. The number of nitrogens with zero attached hydrogens (tertiary/aromatic N) is 2. The van der Waals surface area contributed by atoms with Crippen molar-refractivity contribution in [1.82, 2.24) is 9.80 Å². The number of carbonyl (C=O) groups is 4. The van der Waals surface area contributed by atoms with E-state index in [0.717, 1.165) is 10.5 Å². The van der Waals surface area contributed by atoms with Gasteiger partial charge in [0.1, 0.15) is 5.70 Å². The number of thioether (sulfide) groups is 2. The normalized spacial score (nSPS) is 26.1. The fourth-order valence-corrected chi connectivity index (χ4v) is 8.43. The van der Waals surface area contributed by atoms with Crippen molar-refractivity contribution < 1.29 is 34.5 Å². The van der Waals surface area contributed by atoms with E-state index in [-0.39, 0.29) is 34.2 Å². The van der Waals surface area contributed by atoms with Crippen molar-refractivity contribution in [2.24, 2.45) is 11.8 Å². The smallest absolute Gasteiger partial charge is 0.353 e. The van der Waals surface area contributed by atoms with Gasteiger partial charge in [-0.1, -0.05) is 31.2 Å². The topological polar surface area (TPSA) is 147 Å². The molecule has 4 N–H and O–H groups in total. The van der Waals surface area contributed by atoms with E-state index in [1.807, 2.05) is 37.4 Å². The second-order valence-electron chi connectivity index (χ2n) is 10.9. The van der Waals surface area contributed by atoms with Crippen molar-refractivity contribution in [3.05, 3.63) is 70.3 Å². The average molecular weight is 612 g/mol. The van der Waals surface area contributed by atoms with Gasteiger partial charge in [0.25, 0.3) is 0 Å². The summed E-state index contributed by atoms with van der Waals surface area (Å²) in [6.45, 7) is 4.44. The van der Waals surface area contributed by atoms with E-state index in [1.54, 1.807) is 30.8 Å². The predicted octanol–water partition coefficient (Wildman–Crippen LogP) is 3.58. The molecule has 6 atom stereocenters. The Morgan fingerprint density at radius 2 is 1.83 bits per heavy atom. The highest BCUT2D eigenvalue weighted by Gasteiger charge is 2.60. The number of β-lactam (4-membered cyclic amide) rings is 1. The molecule has 2 fully saturated rings. The lowest BCUT2D eigenvalue weighted by molar-refractivity contribution is -0.163. The molecule has 0 spiro atoms. The number of hydrogen-bond acceptors (Lipinski definition) is 8. The molecule has 12 heteroatoms. The molecule has 42 heavy (non-hydrogen) atoms. The Hall–Kier alpha value is -3.32. The number of aliphatic hydroxyl groups excluding tert-OH is 1. The van der Waals surface area contributed by atoms with E-state index in [9.17, 15) is 34.5 Å². The number of fused-ring (bicyclic) bond motifs is 1. The lowest BCUT2D eigenvalue weighted by atomic mass is 9.79. The summed E-state index contributed by atoms with van der Waals surface area (Å²) in [4.78, 5) is 55.3. The fraction of sp³-hybridized carbons (Fsp3) is 0.400. The molecule has 0 aliphatic carbocycles. The largest absolute Gasteiger partial charge is 0.478 e. The summed E-state index contributed by atoms with van der Waals surface area (Å²) in [6, 6.07) is 13.1. The minimum Gasteiger partial charge on any atom is -0.478 e. The van der Waals surface area contributed by atoms with E-state index in [2.05, 4.69) is 10.2 Å². The second kappa shape index (κ2) is 12.1. The quantitative estimate of drug-likeness (QED) is 0.232. The first-order valence-corrected chi connectivity index (χ1v) is 15.8. The van der Waals surface area contributed by atoms with Gasteiger partial charge in [-0.25, -0.2) is 9.59 Å². The monoisotopic (exact) mass is 611 g/mol. The van der Waals surface area contributed by atoms with Crippen LogP contribution in [0, 0.1) is 11.8 Å². The third kappa shape index (κ3) is 5.56. The minimum absolute atomic E-state index is 0.0305. The SMILES string of the molecule is CSc1ccccc1CN1C[C@@H](SC2=C(C(=O)O)N3C(=O)[C@H]([C@@H](C)O)[C@H]3[C@H]2C)C[C@H]1C(=O)Nc1cccc(C(=O)O)c1. The predicted molar refractivity (Wildman–Crippen MR) is 160 cm³/mol. The molecule has 0 unspecified atom stereocenters. The summed E-state index contributed by atoms with van der Waals surface area (Å²) in [7, 11) is 0. The van der Waals surface area contributed by atoms with Crippen LogP contribution >= 0.6 is 23.5 Å². The highest BCUT2D eigenvalue weighted by atomic mass is 32.2. The molecule has 0 saturated carbocycles. The van der Waals surface area contributed by atoms with Crippen molar-refractivity contribution in [2.75, 3.05) is 18.1 Å². The Bertz CT molecular complexity index is 1460. The summed E-state index contributed by atoms with van der Waals surface area (Å²) >= 11 is 3.02. The Kier molecular flexibility index (Phi) is 8.70. The second-order valence-corrected chi connectivity index (χ2v) is 13.1. The molecule has 5 rings (SSSR count). The molecule has 0 bridgehead atoms. The molecular weight excluding hydrogens is 578 g/mol. The molecule has 3 heterocycles. The highest BCUT2D eigenvalue weighted by molar-refractivity contribution is 8.03. The van der Waals surface area contributed by atoms with Crippen molar-refractivity contribution in [2.45, 2.75) is 55.1 Å². The molecule has 2 amide bonds. The van der Waals surface area contributed by atoms with Gasteiger partial charge < -0.3 is 25.5 Å². The Morgan fingerprint density at radius 1 is 1.10 bits per heavy atom. The van der Waals surface area contributed by atoms with Gasteiger partial charge in [0, 0.05) is 39.7 Å². The molecule has 2 saturated heterocycles. The number of aliphatic hydroxyl groups is 1.